The smallest absolute Gasteiger partial charge is 0.271 e. The molecule has 0 bridgehead atoms. The summed E-state index contributed by atoms with van der Waals surface area (Å²) in [6.45, 7) is 9.75. The number of benzene rings is 3. The quantitative estimate of drug-likeness (QED) is 0.281. The molecular weight excluding hydrogens is 644 g/mol. The minimum atomic E-state index is -4.56. The molecule has 1 aliphatic rings. The molecule has 0 aromatic heterocycles. The van der Waals surface area contributed by atoms with E-state index in [0.717, 1.165) is 4.31 Å². The summed E-state index contributed by atoms with van der Waals surface area (Å²) in [6.07, 6.45) is 0.244. The number of ether oxygens (including phenoxy) is 2. The summed E-state index contributed by atoms with van der Waals surface area (Å²) in [6, 6.07) is 13.4. The van der Waals surface area contributed by atoms with Gasteiger partial charge in [-0.2, -0.15) is 0 Å². The monoisotopic (exact) mass is 684 g/mol. The molecule has 0 spiro atoms. The first kappa shape index (κ1) is 35.7. The Morgan fingerprint density at radius 1 is 1.02 bits per heavy atom. The van der Waals surface area contributed by atoms with E-state index in [0.29, 0.717) is 35.7 Å². The third-order valence-electron chi connectivity index (χ3n) is 7.67. The van der Waals surface area contributed by atoms with Gasteiger partial charge in [-0.1, -0.05) is 11.6 Å². The number of carbonyl (C=O) groups excluding carboxylic acids is 3. The summed E-state index contributed by atoms with van der Waals surface area (Å²) in [5.74, 6) is -1.00. The van der Waals surface area contributed by atoms with Crippen molar-refractivity contribution in [2.24, 2.45) is 0 Å². The van der Waals surface area contributed by atoms with Crippen LogP contribution in [0.15, 0.2) is 59.5 Å². The average molecular weight is 685 g/mol. The number of nitrogens with zero attached hydrogens (tertiary/aromatic N) is 2. The number of nitrogens with one attached hydrogen (secondary N) is 2. The van der Waals surface area contributed by atoms with Gasteiger partial charge in [0.05, 0.1) is 29.9 Å². The number of halogens is 1. The van der Waals surface area contributed by atoms with Gasteiger partial charge in [0.1, 0.15) is 16.9 Å². The van der Waals surface area contributed by atoms with Crippen molar-refractivity contribution in [2.45, 2.75) is 56.9 Å². The topological polar surface area (TPSA) is 134 Å². The standard InChI is InChI=1S/C34H41ClN4O7S/c1-9-46-22-11-15-28-26(19-22)34(5,25-18-21(10-14-27(25)35)36-30(40)16-17-38(6)7)32(42)39(28)47(43,44)23-12-13-24(29(20-23)45-8)31(41)37-33(2,3)4/h10-15,18-20H,9,16-17H2,1-8H3,(H,36,40)(H,37,41). The van der Waals surface area contributed by atoms with E-state index in [-0.39, 0.29) is 39.2 Å². The number of hydrogen-bond donors (Lipinski definition) is 2. The van der Waals surface area contributed by atoms with Gasteiger partial charge in [0, 0.05) is 40.8 Å². The highest BCUT2D eigenvalue weighted by atomic mass is 35.5. The van der Waals surface area contributed by atoms with E-state index in [9.17, 15) is 22.8 Å². The zero-order valence-electron chi connectivity index (χ0n) is 27.9. The third-order valence-corrected chi connectivity index (χ3v) is 9.69. The predicted octanol–water partition coefficient (Wildman–Crippen LogP) is 5.21. The number of sulfonamides is 1. The Morgan fingerprint density at radius 3 is 2.34 bits per heavy atom. The van der Waals surface area contributed by atoms with Gasteiger partial charge in [-0.05, 0) is 103 Å². The third kappa shape index (κ3) is 7.24. The maximum atomic E-state index is 14.6. The molecule has 3 amide bonds. The Bertz CT molecular complexity index is 1820. The van der Waals surface area contributed by atoms with Crippen molar-refractivity contribution in [1.82, 2.24) is 10.2 Å². The van der Waals surface area contributed by atoms with Crippen molar-refractivity contribution < 1.29 is 32.3 Å². The van der Waals surface area contributed by atoms with E-state index < -0.39 is 32.8 Å². The number of fused-ring (bicyclic) bond motifs is 1. The zero-order chi connectivity index (χ0) is 34.9. The molecule has 11 nitrogen and oxygen atoms in total. The van der Waals surface area contributed by atoms with Crippen LogP contribution >= 0.6 is 11.6 Å². The molecule has 4 rings (SSSR count). The van der Waals surface area contributed by atoms with Gasteiger partial charge in [0.25, 0.3) is 21.8 Å². The van der Waals surface area contributed by atoms with Crippen LogP contribution in [0.1, 0.15) is 62.5 Å². The summed E-state index contributed by atoms with van der Waals surface area (Å²) in [4.78, 5) is 41.8. The molecule has 1 unspecified atom stereocenters. The molecule has 0 saturated heterocycles. The lowest BCUT2D eigenvalue weighted by Gasteiger charge is -2.27. The summed E-state index contributed by atoms with van der Waals surface area (Å²) in [5, 5.41) is 5.89. The Hall–Kier alpha value is -4.13. The Balaban J connectivity index is 1.84. The Kier molecular flexibility index (Phi) is 10.3. The van der Waals surface area contributed by atoms with Crippen LogP contribution in [0.2, 0.25) is 5.02 Å². The lowest BCUT2D eigenvalue weighted by atomic mass is 9.77. The second-order valence-corrected chi connectivity index (χ2v) is 14.9. The van der Waals surface area contributed by atoms with Crippen molar-refractivity contribution >= 4 is 50.7 Å². The first-order valence-corrected chi connectivity index (χ1v) is 16.9. The Morgan fingerprint density at radius 2 is 1.72 bits per heavy atom. The largest absolute Gasteiger partial charge is 0.496 e. The Labute approximate surface area is 281 Å². The molecule has 1 atom stereocenters. The van der Waals surface area contributed by atoms with Gasteiger partial charge in [-0.15, -0.1) is 0 Å². The van der Waals surface area contributed by atoms with Gasteiger partial charge in [0.15, 0.2) is 0 Å². The average Bonchev–Trinajstić information content (AvgIpc) is 3.22. The number of methoxy groups -OCH3 is 1. The van der Waals surface area contributed by atoms with Crippen molar-refractivity contribution in [3.63, 3.8) is 0 Å². The van der Waals surface area contributed by atoms with Crippen LogP contribution in [0.4, 0.5) is 11.4 Å². The molecule has 0 radical (unpaired) electrons. The normalized spacial score (nSPS) is 16.2. The molecule has 47 heavy (non-hydrogen) atoms. The highest BCUT2D eigenvalue weighted by Crippen LogP contribution is 2.51. The first-order chi connectivity index (χ1) is 21.9. The van der Waals surface area contributed by atoms with E-state index in [1.54, 1.807) is 37.3 Å². The maximum Gasteiger partial charge on any atom is 0.271 e. The second-order valence-electron chi connectivity index (χ2n) is 12.7. The van der Waals surface area contributed by atoms with Gasteiger partial charge in [-0.25, -0.2) is 12.7 Å². The van der Waals surface area contributed by atoms with E-state index in [1.165, 1.54) is 31.4 Å². The number of rotatable bonds is 11. The van der Waals surface area contributed by atoms with Crippen LogP contribution in [-0.4, -0.2) is 70.9 Å². The van der Waals surface area contributed by atoms with Crippen molar-refractivity contribution in [3.05, 3.63) is 76.3 Å². The summed E-state index contributed by atoms with van der Waals surface area (Å²) in [7, 11) is 0.497. The fraction of sp³-hybridized carbons (Fsp3) is 0.382. The van der Waals surface area contributed by atoms with E-state index in [2.05, 4.69) is 10.6 Å². The fourth-order valence-electron chi connectivity index (χ4n) is 5.34. The summed E-state index contributed by atoms with van der Waals surface area (Å²) >= 11 is 6.72. The summed E-state index contributed by atoms with van der Waals surface area (Å²) in [5.41, 5.74) is -0.843. The van der Waals surface area contributed by atoms with E-state index >= 15 is 0 Å². The lowest BCUT2D eigenvalue weighted by molar-refractivity contribution is -0.120. The molecule has 1 heterocycles. The van der Waals surface area contributed by atoms with Crippen LogP contribution < -0.4 is 24.4 Å². The van der Waals surface area contributed by atoms with Crippen LogP contribution in [0.25, 0.3) is 0 Å². The minimum Gasteiger partial charge on any atom is -0.496 e. The van der Waals surface area contributed by atoms with E-state index in [4.69, 9.17) is 21.1 Å². The van der Waals surface area contributed by atoms with Crippen LogP contribution in [-0.2, 0) is 25.0 Å². The molecule has 3 aromatic carbocycles. The highest BCUT2D eigenvalue weighted by Gasteiger charge is 2.54. The van der Waals surface area contributed by atoms with Gasteiger partial charge in [0.2, 0.25) is 5.91 Å². The highest BCUT2D eigenvalue weighted by molar-refractivity contribution is 7.93. The van der Waals surface area contributed by atoms with Crippen LogP contribution in [0, 0.1) is 0 Å². The fourth-order valence-corrected chi connectivity index (χ4v) is 7.18. The maximum absolute atomic E-state index is 14.6. The van der Waals surface area contributed by atoms with E-state index in [1.807, 2.05) is 46.7 Å². The molecule has 0 fully saturated rings. The molecule has 2 N–H and O–H groups in total. The predicted molar refractivity (Wildman–Crippen MR) is 182 cm³/mol. The summed E-state index contributed by atoms with van der Waals surface area (Å²) < 4.78 is 40.6. The molecule has 0 saturated carbocycles. The van der Waals surface area contributed by atoms with Gasteiger partial charge >= 0.3 is 0 Å². The van der Waals surface area contributed by atoms with Gasteiger partial charge in [-0.3, -0.25) is 14.4 Å². The van der Waals surface area contributed by atoms with Crippen LogP contribution in [0.5, 0.6) is 11.5 Å². The minimum absolute atomic E-state index is 0.0231. The molecule has 1 aliphatic heterocycles. The van der Waals surface area contributed by atoms with Crippen LogP contribution in [0.3, 0.4) is 0 Å². The molecule has 3 aromatic rings. The molecular formula is C34H41ClN4O7S. The molecule has 13 heteroatoms. The number of anilines is 2. The second kappa shape index (κ2) is 13.5. The van der Waals surface area contributed by atoms with Crippen molar-refractivity contribution in [3.8, 4) is 11.5 Å². The molecule has 0 aliphatic carbocycles. The zero-order valence-corrected chi connectivity index (χ0v) is 29.4. The SMILES string of the molecule is CCOc1ccc2c(c1)C(C)(c1cc(NC(=O)CCN(C)C)ccc1Cl)C(=O)N2S(=O)(=O)c1ccc(C(=O)NC(C)(C)C)c(OC)c1. The number of carbonyl (C=O) groups is 3. The van der Waals surface area contributed by atoms with Crippen molar-refractivity contribution in [2.75, 3.05) is 44.0 Å². The lowest BCUT2D eigenvalue weighted by Crippen LogP contribution is -2.42. The first-order valence-electron chi connectivity index (χ1n) is 15.1. The van der Waals surface area contributed by atoms with Gasteiger partial charge < -0.3 is 25.0 Å². The number of amides is 3. The number of hydrogen-bond acceptors (Lipinski definition) is 8. The van der Waals surface area contributed by atoms with Crippen molar-refractivity contribution in [1.29, 1.82) is 0 Å². The molecule has 252 valence electrons.